The van der Waals surface area contributed by atoms with E-state index in [1.54, 1.807) is 23.1 Å². The Bertz CT molecular complexity index is 424. The zero-order valence-electron chi connectivity index (χ0n) is 10.2. The highest BCUT2D eigenvalue weighted by atomic mass is 35.5. The summed E-state index contributed by atoms with van der Waals surface area (Å²) in [6, 6.07) is 5.18. The third-order valence-electron chi connectivity index (χ3n) is 3.25. The minimum Gasteiger partial charge on any atom is -0.337 e. The number of benzene rings is 1. The summed E-state index contributed by atoms with van der Waals surface area (Å²) >= 11 is 11.8. The van der Waals surface area contributed by atoms with Gasteiger partial charge < -0.3 is 10.2 Å². The largest absolute Gasteiger partial charge is 0.337 e. The van der Waals surface area contributed by atoms with Gasteiger partial charge in [0.15, 0.2) is 0 Å². The van der Waals surface area contributed by atoms with Gasteiger partial charge in [0.2, 0.25) is 0 Å². The van der Waals surface area contributed by atoms with E-state index in [0.29, 0.717) is 15.6 Å². The first-order valence-corrected chi connectivity index (χ1v) is 6.77. The molecule has 1 fully saturated rings. The maximum absolute atomic E-state index is 12.3. The minimum atomic E-state index is -0.0342. The molecule has 0 radical (unpaired) electrons. The number of hydrogen-bond donors (Lipinski definition) is 1. The summed E-state index contributed by atoms with van der Waals surface area (Å²) in [6.07, 6.45) is 2.13. The first kappa shape index (κ1) is 13.7. The summed E-state index contributed by atoms with van der Waals surface area (Å²) in [7, 11) is 1.83. The van der Waals surface area contributed by atoms with Crippen LogP contribution in [0.3, 0.4) is 0 Å². The van der Waals surface area contributed by atoms with Crippen molar-refractivity contribution in [3.05, 3.63) is 33.8 Å². The van der Waals surface area contributed by atoms with Crippen LogP contribution in [0.4, 0.5) is 0 Å². The Morgan fingerprint density at radius 3 is 2.56 bits per heavy atom. The Morgan fingerprint density at radius 1 is 1.33 bits per heavy atom. The number of rotatable bonds is 2. The number of piperidine rings is 1. The van der Waals surface area contributed by atoms with E-state index in [9.17, 15) is 4.79 Å². The molecule has 1 atom stereocenters. The smallest absolute Gasteiger partial charge is 0.253 e. The van der Waals surface area contributed by atoms with Crippen LogP contribution in [0.15, 0.2) is 18.2 Å². The highest BCUT2D eigenvalue weighted by Gasteiger charge is 2.23. The Balaban J connectivity index is 2.14. The van der Waals surface area contributed by atoms with E-state index in [1.807, 2.05) is 7.05 Å². The van der Waals surface area contributed by atoms with E-state index in [1.165, 1.54) is 0 Å². The van der Waals surface area contributed by atoms with Crippen molar-refractivity contribution < 1.29 is 4.79 Å². The maximum atomic E-state index is 12.3. The van der Waals surface area contributed by atoms with Crippen molar-refractivity contribution in [2.75, 3.05) is 20.1 Å². The van der Waals surface area contributed by atoms with Crippen LogP contribution in [0.5, 0.6) is 0 Å². The van der Waals surface area contributed by atoms with Crippen LogP contribution in [0, 0.1) is 0 Å². The molecule has 1 saturated heterocycles. The lowest BCUT2D eigenvalue weighted by atomic mass is 10.1. The van der Waals surface area contributed by atoms with Crippen LogP contribution in [0.1, 0.15) is 23.2 Å². The molecular weight excluding hydrogens is 271 g/mol. The number of amides is 1. The van der Waals surface area contributed by atoms with Gasteiger partial charge in [-0.2, -0.15) is 0 Å². The van der Waals surface area contributed by atoms with Gasteiger partial charge in [0.05, 0.1) is 0 Å². The summed E-state index contributed by atoms with van der Waals surface area (Å²) < 4.78 is 0. The van der Waals surface area contributed by atoms with Crippen LogP contribution in [0.25, 0.3) is 0 Å². The topological polar surface area (TPSA) is 32.3 Å². The number of carbonyl (C=O) groups excluding carboxylic acids is 1. The lowest BCUT2D eigenvalue weighted by Crippen LogP contribution is -2.46. The van der Waals surface area contributed by atoms with Gasteiger partial charge in [0.25, 0.3) is 5.91 Å². The van der Waals surface area contributed by atoms with Gasteiger partial charge in [0.1, 0.15) is 0 Å². The van der Waals surface area contributed by atoms with Crippen molar-refractivity contribution in [1.82, 2.24) is 10.2 Å². The summed E-state index contributed by atoms with van der Waals surface area (Å²) in [5.41, 5.74) is 0.542. The number of nitrogens with zero attached hydrogens (tertiary/aromatic N) is 1. The van der Waals surface area contributed by atoms with Gasteiger partial charge in [-0.1, -0.05) is 23.2 Å². The molecule has 1 aromatic carbocycles. The fraction of sp³-hybridized carbons (Fsp3) is 0.462. The molecule has 3 nitrogen and oxygen atoms in total. The molecule has 0 unspecified atom stereocenters. The van der Waals surface area contributed by atoms with Crippen LogP contribution in [-0.4, -0.2) is 37.0 Å². The van der Waals surface area contributed by atoms with Crippen molar-refractivity contribution in [2.45, 2.75) is 18.9 Å². The predicted octanol–water partition coefficient (Wildman–Crippen LogP) is 2.82. The third-order valence-corrected chi connectivity index (χ3v) is 3.68. The molecule has 5 heteroatoms. The number of nitrogens with one attached hydrogen (secondary N) is 1. The highest BCUT2D eigenvalue weighted by molar-refractivity contribution is 6.35. The van der Waals surface area contributed by atoms with E-state index in [0.717, 1.165) is 25.9 Å². The summed E-state index contributed by atoms with van der Waals surface area (Å²) in [5.74, 6) is -0.0342. The summed E-state index contributed by atoms with van der Waals surface area (Å²) in [6.45, 7) is 1.87. The van der Waals surface area contributed by atoms with Gasteiger partial charge >= 0.3 is 0 Å². The molecule has 2 rings (SSSR count). The second-order valence-electron chi connectivity index (χ2n) is 4.57. The Hall–Kier alpha value is -0.770. The third kappa shape index (κ3) is 3.16. The van der Waals surface area contributed by atoms with Gasteiger partial charge in [-0.15, -0.1) is 0 Å². The molecule has 1 aliphatic heterocycles. The Labute approximate surface area is 117 Å². The summed E-state index contributed by atoms with van der Waals surface area (Å²) in [5, 5.41) is 4.27. The second kappa shape index (κ2) is 5.91. The lowest BCUT2D eigenvalue weighted by molar-refractivity contribution is 0.0708. The normalized spacial score (nSPS) is 19.6. The van der Waals surface area contributed by atoms with Gasteiger partial charge in [0, 0.05) is 35.2 Å². The second-order valence-corrected chi connectivity index (χ2v) is 5.45. The average molecular weight is 287 g/mol. The predicted molar refractivity (Wildman–Crippen MR) is 74.4 cm³/mol. The van der Waals surface area contributed by atoms with Gasteiger partial charge in [-0.25, -0.2) is 0 Å². The number of halogens is 2. The molecular formula is C13H16Cl2N2O. The fourth-order valence-corrected chi connectivity index (χ4v) is 2.74. The van der Waals surface area contributed by atoms with Crippen molar-refractivity contribution in [1.29, 1.82) is 0 Å². The average Bonchev–Trinajstić information content (AvgIpc) is 2.37. The zero-order valence-corrected chi connectivity index (χ0v) is 11.8. The molecule has 1 heterocycles. The highest BCUT2D eigenvalue weighted by Crippen LogP contribution is 2.21. The van der Waals surface area contributed by atoms with E-state index in [4.69, 9.17) is 23.2 Å². The number of likely N-dealkylation sites (N-methyl/N-ethyl adjacent to an activating group) is 1. The Kier molecular flexibility index (Phi) is 4.49. The molecule has 1 aliphatic rings. The molecule has 0 saturated carbocycles. The molecule has 18 heavy (non-hydrogen) atoms. The van der Waals surface area contributed by atoms with Crippen LogP contribution in [0.2, 0.25) is 10.0 Å². The van der Waals surface area contributed by atoms with Crippen molar-refractivity contribution >= 4 is 29.1 Å². The quantitative estimate of drug-likeness (QED) is 0.907. The molecule has 1 amide bonds. The Morgan fingerprint density at radius 2 is 2.00 bits per heavy atom. The van der Waals surface area contributed by atoms with E-state index in [-0.39, 0.29) is 11.9 Å². The fourth-order valence-electron chi connectivity index (χ4n) is 2.21. The van der Waals surface area contributed by atoms with Crippen molar-refractivity contribution in [2.24, 2.45) is 0 Å². The molecule has 1 N–H and O–H groups in total. The van der Waals surface area contributed by atoms with Gasteiger partial charge in [-0.3, -0.25) is 4.79 Å². The van der Waals surface area contributed by atoms with Crippen LogP contribution in [-0.2, 0) is 0 Å². The number of carbonyl (C=O) groups is 1. The van der Waals surface area contributed by atoms with E-state index in [2.05, 4.69) is 5.32 Å². The van der Waals surface area contributed by atoms with Gasteiger partial charge in [-0.05, 0) is 37.6 Å². The first-order valence-electron chi connectivity index (χ1n) is 6.02. The van der Waals surface area contributed by atoms with Crippen LogP contribution >= 0.6 is 23.2 Å². The monoisotopic (exact) mass is 286 g/mol. The molecule has 0 aromatic heterocycles. The van der Waals surface area contributed by atoms with E-state index < -0.39 is 0 Å². The molecule has 98 valence electrons. The zero-order chi connectivity index (χ0) is 13.1. The molecule has 0 spiro atoms. The van der Waals surface area contributed by atoms with Crippen molar-refractivity contribution in [3.63, 3.8) is 0 Å². The lowest BCUT2D eigenvalue weighted by Gasteiger charge is -2.31. The summed E-state index contributed by atoms with van der Waals surface area (Å²) in [4.78, 5) is 14.1. The molecule has 0 aliphatic carbocycles. The maximum Gasteiger partial charge on any atom is 0.253 e. The standard InChI is InChI=1S/C13H16Cl2N2O/c1-17(12-3-2-4-16-8-12)13(18)9-5-10(14)7-11(15)6-9/h5-7,12,16H,2-4,8H2,1H3/t12-/m0/s1. The van der Waals surface area contributed by atoms with Crippen molar-refractivity contribution in [3.8, 4) is 0 Å². The minimum absolute atomic E-state index is 0.0342. The SMILES string of the molecule is CN(C(=O)c1cc(Cl)cc(Cl)c1)[C@H]1CCCNC1. The number of hydrogen-bond acceptors (Lipinski definition) is 2. The molecule has 0 bridgehead atoms. The first-order chi connectivity index (χ1) is 8.58. The van der Waals surface area contributed by atoms with E-state index >= 15 is 0 Å². The van der Waals surface area contributed by atoms with Crippen LogP contribution < -0.4 is 5.32 Å². The molecule has 1 aromatic rings.